The Balaban J connectivity index is 1.84. The van der Waals surface area contributed by atoms with Gasteiger partial charge < -0.3 is 14.7 Å². The summed E-state index contributed by atoms with van der Waals surface area (Å²) in [5.74, 6) is -0.548. The fraction of sp³-hybridized carbons (Fsp3) is 0.480. The van der Waals surface area contributed by atoms with Gasteiger partial charge in [-0.1, -0.05) is 43.7 Å². The van der Waals surface area contributed by atoms with Crippen molar-refractivity contribution >= 4 is 5.91 Å². The Morgan fingerprint density at radius 3 is 2.87 bits per heavy atom. The maximum absolute atomic E-state index is 15.2. The third-order valence-corrected chi connectivity index (χ3v) is 6.10. The van der Waals surface area contributed by atoms with E-state index in [1.807, 2.05) is 31.2 Å². The highest BCUT2D eigenvalue weighted by atomic mass is 19.1. The van der Waals surface area contributed by atoms with Crippen LogP contribution in [0, 0.1) is 12.7 Å². The van der Waals surface area contributed by atoms with E-state index in [4.69, 9.17) is 4.74 Å². The first-order valence-corrected chi connectivity index (χ1v) is 10.8. The number of carbonyl (C=O) groups is 1. The monoisotopic (exact) mass is 413 g/mol. The predicted octanol–water partition coefficient (Wildman–Crippen LogP) is 4.64. The minimum absolute atomic E-state index is 0.180. The molecule has 1 saturated heterocycles. The Kier molecular flexibility index (Phi) is 7.27. The summed E-state index contributed by atoms with van der Waals surface area (Å²) in [6.07, 6.45) is 8.41. The normalized spacial score (nSPS) is 22.1. The molecule has 30 heavy (non-hydrogen) atoms. The van der Waals surface area contributed by atoms with Crippen molar-refractivity contribution in [2.75, 3.05) is 13.2 Å². The van der Waals surface area contributed by atoms with Crippen molar-refractivity contribution in [2.24, 2.45) is 0 Å². The molecule has 162 valence electrons. The van der Waals surface area contributed by atoms with Gasteiger partial charge in [-0.25, -0.2) is 4.39 Å². The number of amides is 1. The maximum Gasteiger partial charge on any atom is 0.255 e. The minimum Gasteiger partial charge on any atom is -0.391 e. The molecule has 2 aliphatic heterocycles. The van der Waals surface area contributed by atoms with Gasteiger partial charge in [0.15, 0.2) is 0 Å². The number of halogens is 1. The van der Waals surface area contributed by atoms with Crippen molar-refractivity contribution in [3.8, 4) is 0 Å². The number of aliphatic hydroxyl groups excluding tert-OH is 1. The molecule has 1 N–H and O–H groups in total. The Morgan fingerprint density at radius 2 is 2.20 bits per heavy atom. The minimum atomic E-state index is -0.642. The van der Waals surface area contributed by atoms with Crippen LogP contribution in [0.25, 0.3) is 0 Å². The van der Waals surface area contributed by atoms with Crippen molar-refractivity contribution in [3.63, 3.8) is 0 Å². The van der Waals surface area contributed by atoms with E-state index in [2.05, 4.69) is 13.5 Å². The second-order valence-corrected chi connectivity index (χ2v) is 8.21. The summed E-state index contributed by atoms with van der Waals surface area (Å²) in [5.41, 5.74) is 4.32. The number of hydrogen-bond acceptors (Lipinski definition) is 3. The molecule has 1 fully saturated rings. The predicted molar refractivity (Wildman–Crippen MR) is 117 cm³/mol. The summed E-state index contributed by atoms with van der Waals surface area (Å²) < 4.78 is 20.7. The highest BCUT2D eigenvalue weighted by molar-refractivity contribution is 5.99. The second kappa shape index (κ2) is 9.71. The summed E-state index contributed by atoms with van der Waals surface area (Å²) in [4.78, 5) is 14.6. The average molecular weight is 414 g/mol. The molecule has 0 unspecified atom stereocenters. The van der Waals surface area contributed by atoms with Crippen LogP contribution >= 0.6 is 0 Å². The van der Waals surface area contributed by atoms with E-state index < -0.39 is 12.1 Å². The quantitative estimate of drug-likeness (QED) is 0.663. The van der Waals surface area contributed by atoms with E-state index >= 15 is 4.39 Å². The van der Waals surface area contributed by atoms with E-state index in [1.165, 1.54) is 0 Å². The molecule has 0 aromatic heterocycles. The average Bonchev–Trinajstić information content (AvgIpc) is 3.05. The third-order valence-electron chi connectivity index (χ3n) is 6.10. The molecule has 0 radical (unpaired) electrons. The van der Waals surface area contributed by atoms with Crippen LogP contribution in [0.1, 0.15) is 60.2 Å². The van der Waals surface area contributed by atoms with Gasteiger partial charge in [-0.05, 0) is 55.9 Å². The summed E-state index contributed by atoms with van der Waals surface area (Å²) in [7, 11) is 0. The van der Waals surface area contributed by atoms with Crippen LogP contribution in [-0.4, -0.2) is 41.3 Å². The molecule has 1 aromatic rings. The molecule has 1 amide bonds. The highest BCUT2D eigenvalue weighted by Gasteiger charge is 2.39. The lowest BCUT2D eigenvalue weighted by Crippen LogP contribution is -2.49. The van der Waals surface area contributed by atoms with Crippen molar-refractivity contribution in [1.29, 1.82) is 0 Å². The Bertz CT molecular complexity index is 887. The molecular weight excluding hydrogens is 381 g/mol. The van der Waals surface area contributed by atoms with Crippen molar-refractivity contribution in [1.82, 2.24) is 4.90 Å². The van der Waals surface area contributed by atoms with Crippen molar-refractivity contribution in [2.45, 2.75) is 65.1 Å². The van der Waals surface area contributed by atoms with Crippen LogP contribution in [0.4, 0.5) is 4.39 Å². The van der Waals surface area contributed by atoms with Gasteiger partial charge >= 0.3 is 0 Å². The Labute approximate surface area is 178 Å². The van der Waals surface area contributed by atoms with Crippen LogP contribution in [0.3, 0.4) is 0 Å². The summed E-state index contributed by atoms with van der Waals surface area (Å²) in [5, 5.41) is 10.3. The topological polar surface area (TPSA) is 49.8 Å². The first-order chi connectivity index (χ1) is 14.4. The zero-order chi connectivity index (χ0) is 21.8. The molecule has 0 spiro atoms. The van der Waals surface area contributed by atoms with Crippen LogP contribution in [-0.2, 0) is 17.7 Å². The van der Waals surface area contributed by atoms with Crippen molar-refractivity contribution in [3.05, 3.63) is 70.1 Å². The summed E-state index contributed by atoms with van der Waals surface area (Å²) in [6.45, 7) is 10.8. The number of nitrogens with zero attached hydrogens (tertiary/aromatic N) is 1. The second-order valence-electron chi connectivity index (χ2n) is 8.21. The lowest BCUT2D eigenvalue weighted by atomic mass is 9.94. The van der Waals surface area contributed by atoms with Gasteiger partial charge in [0.05, 0.1) is 25.3 Å². The number of fused-ring (bicyclic) bond motifs is 1. The van der Waals surface area contributed by atoms with E-state index in [9.17, 15) is 9.90 Å². The molecule has 3 rings (SSSR count). The van der Waals surface area contributed by atoms with E-state index in [-0.39, 0.29) is 24.9 Å². The van der Waals surface area contributed by atoms with Gasteiger partial charge in [0.1, 0.15) is 5.82 Å². The fourth-order valence-corrected chi connectivity index (χ4v) is 4.16. The van der Waals surface area contributed by atoms with E-state index in [0.29, 0.717) is 36.1 Å². The number of benzene rings is 1. The van der Waals surface area contributed by atoms with Crippen LogP contribution in [0.2, 0.25) is 0 Å². The highest BCUT2D eigenvalue weighted by Crippen LogP contribution is 2.33. The maximum atomic E-state index is 15.2. The largest absolute Gasteiger partial charge is 0.391 e. The standard InChI is InChI=1S/C25H32FNO3/c1-5-7-16(3)8-9-18(6-2)12-19-13-20-21(24(26)17(19)4)14-27(25(20)29)22-15-30-11-10-23(22)28/h6,8-9,13,22-23,28H,3,5,7,10-12,14-15H2,1-2,4H3/b9-8-,18-6+/t22-,23-/m0/s1. The molecule has 0 saturated carbocycles. The molecule has 2 atom stereocenters. The van der Waals surface area contributed by atoms with Crippen LogP contribution in [0.15, 0.2) is 42.0 Å². The SMILES string of the molecule is C=C(/C=C\C(=C/C)Cc1cc2c(c(F)c1C)CN([C@H]1COCC[C@@H]1O)C2=O)CCC. The number of ether oxygens (including phenoxy) is 1. The summed E-state index contributed by atoms with van der Waals surface area (Å²) >= 11 is 0. The fourth-order valence-electron chi connectivity index (χ4n) is 4.16. The lowest BCUT2D eigenvalue weighted by Gasteiger charge is -2.34. The van der Waals surface area contributed by atoms with Gasteiger partial charge in [0, 0.05) is 17.7 Å². The van der Waals surface area contributed by atoms with E-state index in [1.54, 1.807) is 11.8 Å². The zero-order valence-electron chi connectivity index (χ0n) is 18.2. The molecule has 5 heteroatoms. The van der Waals surface area contributed by atoms with Crippen LogP contribution in [0.5, 0.6) is 0 Å². The number of hydrogen-bond donors (Lipinski definition) is 1. The zero-order valence-corrected chi connectivity index (χ0v) is 18.2. The molecule has 4 nitrogen and oxygen atoms in total. The van der Waals surface area contributed by atoms with Gasteiger partial charge in [-0.15, -0.1) is 0 Å². The Morgan fingerprint density at radius 1 is 1.43 bits per heavy atom. The van der Waals surface area contributed by atoms with Crippen molar-refractivity contribution < 1.29 is 19.0 Å². The number of aliphatic hydroxyl groups is 1. The lowest BCUT2D eigenvalue weighted by molar-refractivity contribution is -0.0529. The van der Waals surface area contributed by atoms with Gasteiger partial charge in [0.25, 0.3) is 5.91 Å². The first-order valence-electron chi connectivity index (χ1n) is 10.8. The third kappa shape index (κ3) is 4.57. The Hall–Kier alpha value is -2.24. The first kappa shape index (κ1) is 22.4. The molecular formula is C25H32FNO3. The molecule has 2 heterocycles. The molecule has 0 aliphatic carbocycles. The van der Waals surface area contributed by atoms with Gasteiger partial charge in [-0.2, -0.15) is 0 Å². The number of carbonyl (C=O) groups excluding carboxylic acids is 1. The number of rotatable bonds is 7. The van der Waals surface area contributed by atoms with E-state index in [0.717, 1.165) is 29.6 Å². The van der Waals surface area contributed by atoms with Gasteiger partial charge in [-0.3, -0.25) is 4.79 Å². The smallest absolute Gasteiger partial charge is 0.255 e. The van der Waals surface area contributed by atoms with Gasteiger partial charge in [0.2, 0.25) is 0 Å². The molecule has 1 aromatic carbocycles. The van der Waals surface area contributed by atoms with Crippen LogP contribution < -0.4 is 0 Å². The summed E-state index contributed by atoms with van der Waals surface area (Å²) in [6, 6.07) is 1.39. The molecule has 0 bridgehead atoms. The molecule has 2 aliphatic rings. The number of allylic oxidation sites excluding steroid dienone is 5.